The van der Waals surface area contributed by atoms with Gasteiger partial charge < -0.3 is 4.48 Å². The fraction of sp³-hybridized carbons (Fsp3) is 1.00. The molecule has 0 fully saturated rings. The van der Waals surface area contributed by atoms with E-state index < -0.39 is 0 Å². The van der Waals surface area contributed by atoms with E-state index in [4.69, 9.17) is 0 Å². The molecule has 1 nitrogen and oxygen atoms in total. The summed E-state index contributed by atoms with van der Waals surface area (Å²) in [5.74, 6) is 1.64. The largest absolute Gasteiger partial charge is 4.00 e. The summed E-state index contributed by atoms with van der Waals surface area (Å²) in [5, 5.41) is 0. The number of quaternary nitrogens is 1. The maximum atomic E-state index is 2.33. The van der Waals surface area contributed by atoms with Crippen LogP contribution in [0.3, 0.4) is 0 Å². The van der Waals surface area contributed by atoms with Gasteiger partial charge in [-0.15, -0.1) is 0 Å². The van der Waals surface area contributed by atoms with Gasteiger partial charge in [-0.1, -0.05) is 27.7 Å². The van der Waals surface area contributed by atoms with Gasteiger partial charge in [0.1, 0.15) is 0 Å². The van der Waals surface area contributed by atoms with Crippen LogP contribution in [0.1, 0.15) is 41.5 Å². The SMILES string of the molecule is CC[N+](CC)(CC(C)C)CC(C)C.[Hf+4]. The summed E-state index contributed by atoms with van der Waals surface area (Å²) in [7, 11) is 0. The van der Waals surface area contributed by atoms with Crippen LogP contribution in [0.5, 0.6) is 0 Å². The molecule has 0 aliphatic heterocycles. The van der Waals surface area contributed by atoms with Gasteiger partial charge in [0.05, 0.1) is 26.2 Å². The van der Waals surface area contributed by atoms with Gasteiger partial charge >= 0.3 is 25.8 Å². The molecule has 0 aromatic heterocycles. The molecular formula is C12H28HfN+5. The first kappa shape index (κ1) is 17.2. The van der Waals surface area contributed by atoms with Crippen LogP contribution in [-0.2, 0) is 25.8 Å². The van der Waals surface area contributed by atoms with E-state index in [1.165, 1.54) is 30.7 Å². The quantitative estimate of drug-likeness (QED) is 0.501. The Morgan fingerprint density at radius 2 is 1.07 bits per heavy atom. The number of hydrogen-bond donors (Lipinski definition) is 0. The van der Waals surface area contributed by atoms with Crippen LogP contribution in [0.25, 0.3) is 0 Å². The Morgan fingerprint density at radius 1 is 0.786 bits per heavy atom. The zero-order valence-electron chi connectivity index (χ0n) is 10.9. The van der Waals surface area contributed by atoms with Gasteiger partial charge in [0, 0.05) is 11.8 Å². The molecule has 0 saturated carbocycles. The third-order valence-electron chi connectivity index (χ3n) is 2.85. The number of hydrogen-bond acceptors (Lipinski definition) is 0. The molecule has 0 spiro atoms. The van der Waals surface area contributed by atoms with Gasteiger partial charge in [0.15, 0.2) is 0 Å². The molecule has 0 aromatic carbocycles. The summed E-state index contributed by atoms with van der Waals surface area (Å²) in [5.41, 5.74) is 0. The second-order valence-corrected chi connectivity index (χ2v) is 5.13. The van der Waals surface area contributed by atoms with Crippen molar-refractivity contribution in [3.63, 3.8) is 0 Å². The summed E-state index contributed by atoms with van der Waals surface area (Å²) < 4.78 is 1.30. The van der Waals surface area contributed by atoms with Crippen molar-refractivity contribution in [1.29, 1.82) is 0 Å². The fourth-order valence-corrected chi connectivity index (χ4v) is 2.36. The third kappa shape index (κ3) is 6.34. The van der Waals surface area contributed by atoms with Crippen LogP contribution >= 0.6 is 0 Å². The molecule has 0 radical (unpaired) electrons. The van der Waals surface area contributed by atoms with E-state index >= 15 is 0 Å². The van der Waals surface area contributed by atoms with E-state index in [0.717, 1.165) is 11.8 Å². The molecule has 2 heteroatoms. The molecule has 0 heterocycles. The predicted octanol–water partition coefficient (Wildman–Crippen LogP) is 3.15. The van der Waals surface area contributed by atoms with Gasteiger partial charge in [-0.2, -0.15) is 0 Å². The molecule has 0 amide bonds. The Kier molecular flexibility index (Phi) is 9.89. The van der Waals surface area contributed by atoms with E-state index in [1.54, 1.807) is 0 Å². The Hall–Kier alpha value is 0.830. The molecule has 0 rings (SSSR count). The maximum absolute atomic E-state index is 2.33. The number of nitrogens with zero attached hydrogens (tertiary/aromatic N) is 1. The summed E-state index contributed by atoms with van der Waals surface area (Å²) in [4.78, 5) is 0. The van der Waals surface area contributed by atoms with Crippen LogP contribution in [0.15, 0.2) is 0 Å². The average Bonchev–Trinajstić information content (AvgIpc) is 2.01. The Bertz CT molecular complexity index is 116. The maximum Gasteiger partial charge on any atom is 4.00 e. The van der Waals surface area contributed by atoms with E-state index in [0.29, 0.717) is 0 Å². The van der Waals surface area contributed by atoms with Crippen LogP contribution in [0.2, 0.25) is 0 Å². The Labute approximate surface area is 110 Å². The van der Waals surface area contributed by atoms with E-state index in [-0.39, 0.29) is 25.8 Å². The summed E-state index contributed by atoms with van der Waals surface area (Å²) >= 11 is 0. The Morgan fingerprint density at radius 3 is 1.21 bits per heavy atom. The topological polar surface area (TPSA) is 0 Å². The molecular weight excluding hydrogens is 337 g/mol. The van der Waals surface area contributed by atoms with Gasteiger partial charge in [-0.05, 0) is 13.8 Å². The fourth-order valence-electron chi connectivity index (χ4n) is 2.36. The molecule has 80 valence electrons. The van der Waals surface area contributed by atoms with Crippen LogP contribution in [0, 0.1) is 11.8 Å². The molecule has 0 aromatic rings. The zero-order chi connectivity index (χ0) is 10.5. The minimum Gasteiger partial charge on any atom is -0.324 e. The van der Waals surface area contributed by atoms with Gasteiger partial charge in [0.2, 0.25) is 0 Å². The molecule has 0 N–H and O–H groups in total. The van der Waals surface area contributed by atoms with E-state index in [9.17, 15) is 0 Å². The van der Waals surface area contributed by atoms with Crippen molar-refractivity contribution in [3.8, 4) is 0 Å². The molecule has 0 aliphatic carbocycles. The number of rotatable bonds is 6. The van der Waals surface area contributed by atoms with E-state index in [1.807, 2.05) is 0 Å². The van der Waals surface area contributed by atoms with Crippen molar-refractivity contribution in [2.24, 2.45) is 11.8 Å². The van der Waals surface area contributed by atoms with Gasteiger partial charge in [-0.25, -0.2) is 0 Å². The summed E-state index contributed by atoms with van der Waals surface area (Å²) in [6, 6.07) is 0. The van der Waals surface area contributed by atoms with Crippen LogP contribution in [0.4, 0.5) is 0 Å². The molecule has 0 bridgehead atoms. The zero-order valence-corrected chi connectivity index (χ0v) is 14.5. The van der Waals surface area contributed by atoms with Crippen molar-refractivity contribution in [1.82, 2.24) is 0 Å². The van der Waals surface area contributed by atoms with Crippen LogP contribution < -0.4 is 0 Å². The predicted molar refractivity (Wildman–Crippen MR) is 60.8 cm³/mol. The minimum atomic E-state index is 0. The molecule has 14 heavy (non-hydrogen) atoms. The molecule has 0 saturated heterocycles. The average molecular weight is 365 g/mol. The van der Waals surface area contributed by atoms with Gasteiger partial charge in [-0.3, -0.25) is 0 Å². The van der Waals surface area contributed by atoms with Crippen molar-refractivity contribution < 1.29 is 30.3 Å². The smallest absolute Gasteiger partial charge is 0.324 e. The van der Waals surface area contributed by atoms with Crippen LogP contribution in [-0.4, -0.2) is 30.7 Å². The minimum absolute atomic E-state index is 0. The molecule has 0 unspecified atom stereocenters. The molecule has 0 atom stereocenters. The summed E-state index contributed by atoms with van der Waals surface area (Å²) in [6.45, 7) is 19.2. The normalized spacial score (nSPS) is 12.0. The third-order valence-corrected chi connectivity index (χ3v) is 2.85. The van der Waals surface area contributed by atoms with E-state index in [2.05, 4.69) is 41.5 Å². The van der Waals surface area contributed by atoms with Gasteiger partial charge in [0.25, 0.3) is 0 Å². The molecule has 0 aliphatic rings. The first-order valence-electron chi connectivity index (χ1n) is 5.81. The van der Waals surface area contributed by atoms with Crippen molar-refractivity contribution in [2.45, 2.75) is 41.5 Å². The first-order chi connectivity index (χ1) is 5.95. The standard InChI is InChI=1S/C12H28N.Hf/c1-7-13(8-2,9-11(3)4)10-12(5)6;/h11-12H,7-10H2,1-6H3;/q+1;+4. The first-order valence-corrected chi connectivity index (χ1v) is 5.81. The monoisotopic (exact) mass is 366 g/mol. The Balaban J connectivity index is 0. The second-order valence-electron chi connectivity index (χ2n) is 5.13. The summed E-state index contributed by atoms with van der Waals surface area (Å²) in [6.07, 6.45) is 0. The second kappa shape index (κ2) is 8.04. The van der Waals surface area contributed by atoms with Crippen molar-refractivity contribution in [2.75, 3.05) is 26.2 Å². The van der Waals surface area contributed by atoms with Crippen molar-refractivity contribution >= 4 is 0 Å². The van der Waals surface area contributed by atoms with Crippen molar-refractivity contribution in [3.05, 3.63) is 0 Å².